The van der Waals surface area contributed by atoms with Crippen molar-refractivity contribution in [3.8, 4) is 5.82 Å². The van der Waals surface area contributed by atoms with E-state index in [1.165, 1.54) is 0 Å². The zero-order chi connectivity index (χ0) is 11.7. The van der Waals surface area contributed by atoms with Crippen molar-refractivity contribution in [2.24, 2.45) is 5.73 Å². The maximum absolute atomic E-state index is 5.58. The summed E-state index contributed by atoms with van der Waals surface area (Å²) in [6.07, 6.45) is 1.68. The summed E-state index contributed by atoms with van der Waals surface area (Å²) in [6.45, 7) is 3.93. The van der Waals surface area contributed by atoms with Gasteiger partial charge in [-0.2, -0.15) is 5.10 Å². The normalized spacial score (nSPS) is 10.4. The minimum absolute atomic E-state index is 0.366. The molecule has 16 heavy (non-hydrogen) atoms. The number of pyridine rings is 1. The van der Waals surface area contributed by atoms with Crippen molar-refractivity contribution in [1.29, 1.82) is 0 Å². The summed E-state index contributed by atoms with van der Waals surface area (Å²) in [6, 6.07) is 5.62. The smallest absolute Gasteiger partial charge is 0.154 e. The Hall–Kier alpha value is -1.75. The van der Waals surface area contributed by atoms with Crippen LogP contribution in [0.5, 0.6) is 0 Å². The van der Waals surface area contributed by atoms with Crippen molar-refractivity contribution in [1.82, 2.24) is 14.8 Å². The Labute approximate surface area is 99.1 Å². The van der Waals surface area contributed by atoms with Gasteiger partial charge in [-0.05, 0) is 32.0 Å². The highest BCUT2D eigenvalue weighted by atomic mass is 32.1. The van der Waals surface area contributed by atoms with E-state index in [2.05, 4.69) is 10.1 Å². The number of hydrogen-bond acceptors (Lipinski definition) is 3. The van der Waals surface area contributed by atoms with Crippen LogP contribution in [0.15, 0.2) is 24.4 Å². The molecule has 2 heterocycles. The van der Waals surface area contributed by atoms with Crippen LogP contribution in [-0.2, 0) is 0 Å². The van der Waals surface area contributed by atoms with Gasteiger partial charge in [0.1, 0.15) is 4.99 Å². The topological polar surface area (TPSA) is 56.7 Å². The summed E-state index contributed by atoms with van der Waals surface area (Å²) in [7, 11) is 0. The third-order valence-corrected chi connectivity index (χ3v) is 2.49. The molecule has 0 bridgehead atoms. The second-order valence-electron chi connectivity index (χ2n) is 3.61. The first kappa shape index (κ1) is 10.8. The van der Waals surface area contributed by atoms with Crippen molar-refractivity contribution in [3.05, 3.63) is 41.3 Å². The summed E-state index contributed by atoms with van der Waals surface area (Å²) >= 11 is 4.93. The molecule has 82 valence electrons. The van der Waals surface area contributed by atoms with E-state index in [4.69, 9.17) is 18.0 Å². The maximum atomic E-state index is 5.58. The first-order valence-electron chi connectivity index (χ1n) is 4.87. The average Bonchev–Trinajstić information content (AvgIpc) is 2.58. The van der Waals surface area contributed by atoms with Crippen LogP contribution in [0.25, 0.3) is 5.82 Å². The fraction of sp³-hybridized carbons (Fsp3) is 0.182. The Kier molecular flexibility index (Phi) is 2.70. The van der Waals surface area contributed by atoms with Crippen molar-refractivity contribution in [2.45, 2.75) is 13.8 Å². The Bertz CT molecular complexity index is 545. The van der Waals surface area contributed by atoms with Gasteiger partial charge >= 0.3 is 0 Å². The lowest BCUT2D eigenvalue weighted by atomic mass is 10.2. The second-order valence-corrected chi connectivity index (χ2v) is 4.05. The fourth-order valence-corrected chi connectivity index (χ4v) is 1.68. The third kappa shape index (κ3) is 1.94. The van der Waals surface area contributed by atoms with Gasteiger partial charge in [-0.3, -0.25) is 0 Å². The quantitative estimate of drug-likeness (QED) is 0.798. The molecule has 0 unspecified atom stereocenters. The van der Waals surface area contributed by atoms with Crippen molar-refractivity contribution >= 4 is 17.2 Å². The second kappa shape index (κ2) is 4.02. The number of nitrogens with zero attached hydrogens (tertiary/aromatic N) is 3. The van der Waals surface area contributed by atoms with E-state index in [0.29, 0.717) is 4.99 Å². The SMILES string of the molecule is Cc1cc(C)n(-c2cc(C(N)=S)ccn2)n1. The number of rotatable bonds is 2. The molecular weight excluding hydrogens is 220 g/mol. The molecule has 2 aromatic rings. The Morgan fingerprint density at radius 3 is 2.69 bits per heavy atom. The van der Waals surface area contributed by atoms with Crippen LogP contribution >= 0.6 is 12.2 Å². The van der Waals surface area contributed by atoms with Crippen LogP contribution in [-0.4, -0.2) is 19.8 Å². The van der Waals surface area contributed by atoms with Gasteiger partial charge in [-0.25, -0.2) is 9.67 Å². The van der Waals surface area contributed by atoms with Crippen LogP contribution < -0.4 is 5.73 Å². The highest BCUT2D eigenvalue weighted by molar-refractivity contribution is 7.80. The first-order valence-corrected chi connectivity index (χ1v) is 5.28. The van der Waals surface area contributed by atoms with E-state index in [0.717, 1.165) is 22.8 Å². The van der Waals surface area contributed by atoms with E-state index in [9.17, 15) is 0 Å². The monoisotopic (exact) mass is 232 g/mol. The molecule has 0 aliphatic carbocycles. The molecule has 4 nitrogen and oxygen atoms in total. The summed E-state index contributed by atoms with van der Waals surface area (Å²) in [5.41, 5.74) is 8.37. The van der Waals surface area contributed by atoms with Gasteiger partial charge in [0.05, 0.1) is 5.69 Å². The predicted molar refractivity (Wildman–Crippen MR) is 66.7 cm³/mol. The highest BCUT2D eigenvalue weighted by Gasteiger charge is 2.06. The Morgan fingerprint density at radius 2 is 2.12 bits per heavy atom. The van der Waals surface area contributed by atoms with Crippen LogP contribution in [0.3, 0.4) is 0 Å². The van der Waals surface area contributed by atoms with Gasteiger partial charge in [-0.1, -0.05) is 12.2 Å². The molecule has 0 amide bonds. The van der Waals surface area contributed by atoms with Gasteiger partial charge in [0.2, 0.25) is 0 Å². The Morgan fingerprint density at radius 1 is 1.38 bits per heavy atom. The fourth-order valence-electron chi connectivity index (χ4n) is 1.55. The average molecular weight is 232 g/mol. The molecular formula is C11H12N4S. The molecule has 2 N–H and O–H groups in total. The maximum Gasteiger partial charge on any atom is 0.154 e. The van der Waals surface area contributed by atoms with Crippen molar-refractivity contribution in [3.63, 3.8) is 0 Å². The minimum atomic E-state index is 0.366. The molecule has 0 saturated carbocycles. The lowest BCUT2D eigenvalue weighted by molar-refractivity contribution is 0.806. The summed E-state index contributed by atoms with van der Waals surface area (Å²) in [5.74, 6) is 0.732. The van der Waals surface area contributed by atoms with Gasteiger partial charge < -0.3 is 5.73 Å². The largest absolute Gasteiger partial charge is 0.389 e. The van der Waals surface area contributed by atoms with Crippen molar-refractivity contribution < 1.29 is 0 Å². The number of nitrogens with two attached hydrogens (primary N) is 1. The van der Waals surface area contributed by atoms with E-state index in [1.54, 1.807) is 16.9 Å². The van der Waals surface area contributed by atoms with E-state index in [-0.39, 0.29) is 0 Å². The van der Waals surface area contributed by atoms with Crippen LogP contribution in [0, 0.1) is 13.8 Å². The molecule has 0 fully saturated rings. The number of thiocarbonyl (C=S) groups is 1. The van der Waals surface area contributed by atoms with Gasteiger partial charge in [0.15, 0.2) is 5.82 Å². The third-order valence-electron chi connectivity index (χ3n) is 2.26. The summed E-state index contributed by atoms with van der Waals surface area (Å²) in [4.78, 5) is 4.62. The molecule has 5 heteroatoms. The standard InChI is InChI=1S/C11H12N4S/c1-7-5-8(2)15(14-7)10-6-9(11(12)16)3-4-13-10/h3-6H,1-2H3,(H2,12,16). The first-order chi connectivity index (χ1) is 7.58. The highest BCUT2D eigenvalue weighted by Crippen LogP contribution is 2.11. The molecule has 2 aromatic heterocycles. The molecule has 0 atom stereocenters. The molecule has 0 radical (unpaired) electrons. The van der Waals surface area contributed by atoms with Crippen LogP contribution in [0.1, 0.15) is 17.0 Å². The molecule has 0 aliphatic rings. The van der Waals surface area contributed by atoms with Gasteiger partial charge in [-0.15, -0.1) is 0 Å². The van der Waals surface area contributed by atoms with E-state index >= 15 is 0 Å². The lowest BCUT2D eigenvalue weighted by Gasteiger charge is -2.04. The predicted octanol–water partition coefficient (Wildman–Crippen LogP) is 1.52. The van der Waals surface area contributed by atoms with Gasteiger partial charge in [0, 0.05) is 17.5 Å². The summed E-state index contributed by atoms with van der Waals surface area (Å²) < 4.78 is 1.77. The Balaban J connectivity index is 2.52. The minimum Gasteiger partial charge on any atom is -0.389 e. The molecule has 0 saturated heterocycles. The molecule has 0 aliphatic heterocycles. The molecule has 2 rings (SSSR count). The van der Waals surface area contributed by atoms with E-state index < -0.39 is 0 Å². The lowest BCUT2D eigenvalue weighted by Crippen LogP contribution is -2.11. The van der Waals surface area contributed by atoms with Crippen LogP contribution in [0.2, 0.25) is 0 Å². The number of hydrogen-bond donors (Lipinski definition) is 1. The number of aromatic nitrogens is 3. The van der Waals surface area contributed by atoms with Crippen LogP contribution in [0.4, 0.5) is 0 Å². The molecule has 0 aromatic carbocycles. The van der Waals surface area contributed by atoms with Gasteiger partial charge in [0.25, 0.3) is 0 Å². The van der Waals surface area contributed by atoms with E-state index in [1.807, 2.05) is 26.0 Å². The van der Waals surface area contributed by atoms with Crippen molar-refractivity contribution in [2.75, 3.05) is 0 Å². The molecule has 0 spiro atoms. The summed E-state index contributed by atoms with van der Waals surface area (Å²) in [5, 5.41) is 4.35. The number of aryl methyl sites for hydroxylation is 2. The zero-order valence-corrected chi connectivity index (χ0v) is 9.95. The zero-order valence-electron chi connectivity index (χ0n) is 9.14.